The highest BCUT2D eigenvalue weighted by Crippen LogP contribution is 2.35. The predicted octanol–water partition coefficient (Wildman–Crippen LogP) is 4.17. The molecule has 2 aromatic rings. The Morgan fingerprint density at radius 1 is 1.16 bits per heavy atom. The Labute approximate surface area is 152 Å². The molecule has 3 rings (SSSR count). The van der Waals surface area contributed by atoms with Crippen molar-refractivity contribution in [1.29, 1.82) is 0 Å². The zero-order valence-electron chi connectivity index (χ0n) is 14.2. The van der Waals surface area contributed by atoms with Crippen LogP contribution in [0.1, 0.15) is 29.6 Å². The number of methoxy groups -OCH3 is 1. The molecule has 5 nitrogen and oxygen atoms in total. The highest BCUT2D eigenvalue weighted by molar-refractivity contribution is 6.34. The van der Waals surface area contributed by atoms with E-state index in [-0.39, 0.29) is 5.91 Å². The van der Waals surface area contributed by atoms with E-state index in [0.29, 0.717) is 27.7 Å². The van der Waals surface area contributed by atoms with Crippen LogP contribution in [0.2, 0.25) is 5.02 Å². The fraction of sp³-hybridized carbons (Fsp3) is 0.316. The SMILES string of the molecule is COc1ccc(C(=O)Nc2cc(N3CCCCC3)c(N)cc2Cl)cc1. The molecule has 6 heteroatoms. The number of nitrogens with zero attached hydrogens (tertiary/aromatic N) is 1. The average Bonchev–Trinajstić information content (AvgIpc) is 2.64. The maximum absolute atomic E-state index is 12.5. The minimum absolute atomic E-state index is 0.223. The van der Waals surface area contributed by atoms with Crippen molar-refractivity contribution in [2.75, 3.05) is 36.1 Å². The summed E-state index contributed by atoms with van der Waals surface area (Å²) in [6.45, 7) is 1.94. The van der Waals surface area contributed by atoms with Gasteiger partial charge in [0.1, 0.15) is 5.75 Å². The molecule has 0 spiro atoms. The fourth-order valence-electron chi connectivity index (χ4n) is 3.02. The van der Waals surface area contributed by atoms with Crippen LogP contribution in [0, 0.1) is 0 Å². The molecule has 0 saturated carbocycles. The van der Waals surface area contributed by atoms with Gasteiger partial charge in [-0.25, -0.2) is 0 Å². The normalized spacial score (nSPS) is 14.2. The van der Waals surface area contributed by atoms with E-state index in [2.05, 4.69) is 10.2 Å². The summed E-state index contributed by atoms with van der Waals surface area (Å²) in [5, 5.41) is 3.31. The summed E-state index contributed by atoms with van der Waals surface area (Å²) in [6.07, 6.45) is 3.54. The van der Waals surface area contributed by atoms with Crippen molar-refractivity contribution in [3.63, 3.8) is 0 Å². The van der Waals surface area contributed by atoms with Gasteiger partial charge in [-0.05, 0) is 55.7 Å². The molecule has 0 bridgehead atoms. The van der Waals surface area contributed by atoms with Gasteiger partial charge >= 0.3 is 0 Å². The van der Waals surface area contributed by atoms with Crippen LogP contribution in [-0.2, 0) is 0 Å². The Balaban J connectivity index is 1.82. The number of benzene rings is 2. The lowest BCUT2D eigenvalue weighted by Gasteiger charge is -2.30. The molecule has 1 heterocycles. The first-order valence-corrected chi connectivity index (χ1v) is 8.75. The Morgan fingerprint density at radius 2 is 1.84 bits per heavy atom. The number of carbonyl (C=O) groups is 1. The second-order valence-electron chi connectivity index (χ2n) is 6.12. The summed E-state index contributed by atoms with van der Waals surface area (Å²) in [5.74, 6) is 0.480. The number of nitrogen functional groups attached to an aromatic ring is 1. The lowest BCUT2D eigenvalue weighted by Crippen LogP contribution is -2.30. The Kier molecular flexibility index (Phi) is 5.34. The summed E-state index contributed by atoms with van der Waals surface area (Å²) < 4.78 is 5.11. The number of amides is 1. The zero-order valence-corrected chi connectivity index (χ0v) is 15.0. The van der Waals surface area contributed by atoms with E-state index in [4.69, 9.17) is 22.1 Å². The maximum Gasteiger partial charge on any atom is 0.255 e. The number of nitrogens with one attached hydrogen (secondary N) is 1. The van der Waals surface area contributed by atoms with Gasteiger partial charge in [-0.3, -0.25) is 4.79 Å². The van der Waals surface area contributed by atoms with Gasteiger partial charge in [-0.15, -0.1) is 0 Å². The standard InChI is InChI=1S/C19H22ClN3O2/c1-25-14-7-5-13(6-8-14)19(24)22-17-12-18(16(21)11-15(17)20)23-9-3-2-4-10-23/h5-8,11-12H,2-4,9-10,21H2,1H3,(H,22,24). The average molecular weight is 360 g/mol. The van der Waals surface area contributed by atoms with Gasteiger partial charge in [0.2, 0.25) is 0 Å². The lowest BCUT2D eigenvalue weighted by atomic mass is 10.1. The number of carbonyl (C=O) groups excluding carboxylic acids is 1. The molecule has 1 amide bonds. The number of piperidine rings is 1. The number of halogens is 1. The topological polar surface area (TPSA) is 67.6 Å². The fourth-order valence-corrected chi connectivity index (χ4v) is 3.24. The largest absolute Gasteiger partial charge is 0.497 e. The monoisotopic (exact) mass is 359 g/mol. The minimum Gasteiger partial charge on any atom is -0.497 e. The van der Waals surface area contributed by atoms with Crippen LogP contribution < -0.4 is 20.7 Å². The summed E-state index contributed by atoms with van der Waals surface area (Å²) >= 11 is 6.29. The summed E-state index contributed by atoms with van der Waals surface area (Å²) in [4.78, 5) is 14.7. The quantitative estimate of drug-likeness (QED) is 0.804. The lowest BCUT2D eigenvalue weighted by molar-refractivity contribution is 0.102. The molecule has 132 valence electrons. The van der Waals surface area contributed by atoms with Crippen molar-refractivity contribution in [1.82, 2.24) is 0 Å². The van der Waals surface area contributed by atoms with Crippen LogP contribution in [0.25, 0.3) is 0 Å². The Morgan fingerprint density at radius 3 is 2.48 bits per heavy atom. The molecule has 0 unspecified atom stereocenters. The maximum atomic E-state index is 12.5. The van der Waals surface area contributed by atoms with E-state index in [1.807, 2.05) is 6.07 Å². The van der Waals surface area contributed by atoms with Gasteiger partial charge in [0.15, 0.2) is 0 Å². The van der Waals surface area contributed by atoms with Crippen molar-refractivity contribution < 1.29 is 9.53 Å². The first-order valence-electron chi connectivity index (χ1n) is 8.38. The van der Waals surface area contributed by atoms with Crippen LogP contribution >= 0.6 is 11.6 Å². The second-order valence-corrected chi connectivity index (χ2v) is 6.53. The number of nitrogens with two attached hydrogens (primary N) is 1. The van der Waals surface area contributed by atoms with E-state index in [0.717, 1.165) is 31.6 Å². The molecule has 1 aliphatic rings. The minimum atomic E-state index is -0.223. The predicted molar refractivity (Wildman–Crippen MR) is 103 cm³/mol. The van der Waals surface area contributed by atoms with Gasteiger partial charge in [0, 0.05) is 18.7 Å². The number of hydrogen-bond donors (Lipinski definition) is 2. The van der Waals surface area contributed by atoms with E-state index >= 15 is 0 Å². The second kappa shape index (κ2) is 7.66. The van der Waals surface area contributed by atoms with Crippen LogP contribution in [0.5, 0.6) is 5.75 Å². The molecule has 25 heavy (non-hydrogen) atoms. The van der Waals surface area contributed by atoms with E-state index in [1.165, 1.54) is 6.42 Å². The van der Waals surface area contributed by atoms with Crippen molar-refractivity contribution in [2.45, 2.75) is 19.3 Å². The summed E-state index contributed by atoms with van der Waals surface area (Å²) in [6, 6.07) is 10.5. The van der Waals surface area contributed by atoms with Crippen LogP contribution in [0.4, 0.5) is 17.1 Å². The van der Waals surface area contributed by atoms with Gasteiger partial charge in [0.05, 0.1) is 29.2 Å². The third-order valence-electron chi connectivity index (χ3n) is 4.41. The van der Waals surface area contributed by atoms with Crippen molar-refractivity contribution in [3.05, 3.63) is 47.0 Å². The third-order valence-corrected chi connectivity index (χ3v) is 4.73. The highest BCUT2D eigenvalue weighted by atomic mass is 35.5. The number of rotatable bonds is 4. The number of hydrogen-bond acceptors (Lipinski definition) is 4. The first kappa shape index (κ1) is 17.4. The van der Waals surface area contributed by atoms with Gasteiger partial charge in [0.25, 0.3) is 5.91 Å². The molecule has 3 N–H and O–H groups in total. The van der Waals surface area contributed by atoms with Crippen molar-refractivity contribution >= 4 is 34.6 Å². The van der Waals surface area contributed by atoms with Crippen molar-refractivity contribution in [3.8, 4) is 5.75 Å². The molecule has 0 atom stereocenters. The van der Waals surface area contributed by atoms with Crippen LogP contribution in [-0.4, -0.2) is 26.1 Å². The molecular weight excluding hydrogens is 338 g/mol. The molecule has 0 aromatic heterocycles. The molecule has 2 aromatic carbocycles. The highest BCUT2D eigenvalue weighted by Gasteiger charge is 2.17. The number of ether oxygens (including phenoxy) is 1. The Bertz CT molecular complexity index is 756. The Hall–Kier alpha value is -2.40. The summed E-state index contributed by atoms with van der Waals surface area (Å²) in [7, 11) is 1.59. The van der Waals surface area contributed by atoms with E-state index in [1.54, 1.807) is 37.4 Å². The zero-order chi connectivity index (χ0) is 17.8. The molecule has 1 fully saturated rings. The van der Waals surface area contributed by atoms with E-state index < -0.39 is 0 Å². The van der Waals surface area contributed by atoms with Gasteiger partial charge in [-0.2, -0.15) is 0 Å². The van der Waals surface area contributed by atoms with E-state index in [9.17, 15) is 4.79 Å². The molecular formula is C19H22ClN3O2. The van der Waals surface area contributed by atoms with Gasteiger partial charge in [-0.1, -0.05) is 11.6 Å². The van der Waals surface area contributed by atoms with Crippen LogP contribution in [0.15, 0.2) is 36.4 Å². The first-order chi connectivity index (χ1) is 12.1. The molecule has 0 aliphatic carbocycles. The third kappa shape index (κ3) is 3.99. The molecule has 1 saturated heterocycles. The summed E-state index contributed by atoms with van der Waals surface area (Å²) in [5.41, 5.74) is 8.80. The van der Waals surface area contributed by atoms with Crippen LogP contribution in [0.3, 0.4) is 0 Å². The van der Waals surface area contributed by atoms with Crippen molar-refractivity contribution in [2.24, 2.45) is 0 Å². The number of anilines is 3. The van der Waals surface area contributed by atoms with Gasteiger partial charge < -0.3 is 20.7 Å². The molecule has 1 aliphatic heterocycles. The smallest absolute Gasteiger partial charge is 0.255 e. The molecule has 0 radical (unpaired) electrons.